The van der Waals surface area contributed by atoms with Gasteiger partial charge in [-0.25, -0.2) is 9.37 Å². The Balaban J connectivity index is 1.49. The summed E-state index contributed by atoms with van der Waals surface area (Å²) in [4.78, 5) is 28.8. The SMILES string of the molecule is Cc1cn2cc(NC(=O)c3ccc(N4CC(C)NC(C(C)C)C4)c4nccnc34)cc(F)c2n1. The predicted octanol–water partition coefficient (Wildman–Crippen LogP) is 3.80. The molecule has 0 bridgehead atoms. The van der Waals surface area contributed by atoms with Gasteiger partial charge < -0.3 is 19.9 Å². The van der Waals surface area contributed by atoms with Crippen molar-refractivity contribution in [2.24, 2.45) is 5.92 Å². The van der Waals surface area contributed by atoms with Crippen LogP contribution in [0.5, 0.6) is 0 Å². The number of aromatic nitrogens is 4. The number of nitrogens with zero attached hydrogens (tertiary/aromatic N) is 5. The van der Waals surface area contributed by atoms with E-state index in [9.17, 15) is 9.18 Å². The number of rotatable bonds is 4. The number of hydrogen-bond acceptors (Lipinski definition) is 6. The minimum Gasteiger partial charge on any atom is -0.367 e. The number of benzene rings is 1. The second-order valence-electron chi connectivity index (χ2n) is 9.35. The number of aryl methyl sites for hydroxylation is 1. The number of amides is 1. The Labute approximate surface area is 197 Å². The highest BCUT2D eigenvalue weighted by Gasteiger charge is 2.28. The molecule has 4 aromatic rings. The van der Waals surface area contributed by atoms with E-state index in [0.717, 1.165) is 18.8 Å². The fourth-order valence-corrected chi connectivity index (χ4v) is 4.64. The number of carbonyl (C=O) groups excluding carboxylic acids is 1. The molecule has 3 aromatic heterocycles. The molecule has 4 heterocycles. The number of anilines is 2. The zero-order chi connectivity index (χ0) is 24.0. The summed E-state index contributed by atoms with van der Waals surface area (Å²) in [5, 5.41) is 6.46. The van der Waals surface area contributed by atoms with Crippen LogP contribution in [-0.2, 0) is 0 Å². The van der Waals surface area contributed by atoms with Gasteiger partial charge in [0.2, 0.25) is 0 Å². The van der Waals surface area contributed by atoms with Gasteiger partial charge in [-0.05, 0) is 31.9 Å². The largest absolute Gasteiger partial charge is 0.367 e. The van der Waals surface area contributed by atoms with Crippen LogP contribution in [0.4, 0.5) is 15.8 Å². The maximum atomic E-state index is 14.5. The standard InChI is InChI=1S/C25H28FN7O/c1-14(2)20-13-32(10-15(3)29-20)21-6-5-18(22-23(21)28-8-7-27-22)25(34)31-17-9-19(26)24-30-16(4)11-33(24)12-17/h5-9,11-12,14-15,20,29H,10,13H2,1-4H3,(H,31,34). The highest BCUT2D eigenvalue weighted by atomic mass is 19.1. The number of halogens is 1. The lowest BCUT2D eigenvalue weighted by molar-refractivity contribution is 0.102. The van der Waals surface area contributed by atoms with Gasteiger partial charge in [0, 0.05) is 56.0 Å². The molecule has 1 aromatic carbocycles. The first-order valence-corrected chi connectivity index (χ1v) is 11.5. The molecule has 176 valence electrons. The molecule has 9 heteroatoms. The fraction of sp³-hybridized carbons (Fsp3) is 0.360. The average Bonchev–Trinajstić information content (AvgIpc) is 3.18. The van der Waals surface area contributed by atoms with Crippen LogP contribution in [0.3, 0.4) is 0 Å². The van der Waals surface area contributed by atoms with Crippen LogP contribution in [0.15, 0.2) is 43.0 Å². The van der Waals surface area contributed by atoms with Crippen molar-refractivity contribution >= 4 is 34.0 Å². The van der Waals surface area contributed by atoms with E-state index in [1.807, 2.05) is 6.07 Å². The van der Waals surface area contributed by atoms with Gasteiger partial charge in [-0.3, -0.25) is 14.8 Å². The molecule has 0 saturated carbocycles. The lowest BCUT2D eigenvalue weighted by Crippen LogP contribution is -2.57. The Bertz CT molecular complexity index is 1380. The molecule has 0 aliphatic carbocycles. The minimum atomic E-state index is -0.501. The normalized spacial score (nSPS) is 18.7. The maximum Gasteiger partial charge on any atom is 0.257 e. The first kappa shape index (κ1) is 22.2. The van der Waals surface area contributed by atoms with Crippen molar-refractivity contribution in [3.8, 4) is 0 Å². The monoisotopic (exact) mass is 461 g/mol. The van der Waals surface area contributed by atoms with E-state index in [0.29, 0.717) is 46.0 Å². The predicted molar refractivity (Wildman–Crippen MR) is 131 cm³/mol. The third-order valence-electron chi connectivity index (χ3n) is 6.29. The molecular weight excluding hydrogens is 433 g/mol. The van der Waals surface area contributed by atoms with Gasteiger partial charge in [-0.15, -0.1) is 0 Å². The van der Waals surface area contributed by atoms with Crippen LogP contribution in [0.1, 0.15) is 36.8 Å². The number of nitrogens with one attached hydrogen (secondary N) is 2. The van der Waals surface area contributed by atoms with E-state index in [1.54, 1.807) is 42.2 Å². The zero-order valence-electron chi connectivity index (χ0n) is 19.7. The molecular formula is C25H28FN7O. The molecule has 0 radical (unpaired) electrons. The van der Waals surface area contributed by atoms with Crippen molar-refractivity contribution in [3.05, 3.63) is 60.1 Å². The Kier molecular flexibility index (Phi) is 5.65. The molecule has 5 rings (SSSR count). The van der Waals surface area contributed by atoms with Gasteiger partial charge in [0.1, 0.15) is 11.0 Å². The van der Waals surface area contributed by atoms with Crippen LogP contribution in [0, 0.1) is 18.7 Å². The summed E-state index contributed by atoms with van der Waals surface area (Å²) >= 11 is 0. The third kappa shape index (κ3) is 4.07. The van der Waals surface area contributed by atoms with Gasteiger partial charge >= 0.3 is 0 Å². The highest BCUT2D eigenvalue weighted by Crippen LogP contribution is 2.29. The van der Waals surface area contributed by atoms with E-state index in [1.165, 1.54) is 6.07 Å². The molecule has 1 saturated heterocycles. The van der Waals surface area contributed by atoms with Gasteiger partial charge in [0.05, 0.1) is 22.6 Å². The summed E-state index contributed by atoms with van der Waals surface area (Å²) < 4.78 is 16.0. The number of pyridine rings is 1. The number of hydrogen-bond donors (Lipinski definition) is 2. The van der Waals surface area contributed by atoms with E-state index in [-0.39, 0.29) is 11.6 Å². The van der Waals surface area contributed by atoms with E-state index in [4.69, 9.17) is 0 Å². The van der Waals surface area contributed by atoms with E-state index < -0.39 is 5.82 Å². The molecule has 0 spiro atoms. The van der Waals surface area contributed by atoms with Crippen molar-refractivity contribution in [3.63, 3.8) is 0 Å². The van der Waals surface area contributed by atoms with E-state index in [2.05, 4.69) is 51.3 Å². The Morgan fingerprint density at radius 3 is 2.71 bits per heavy atom. The fourth-order valence-electron chi connectivity index (χ4n) is 4.64. The first-order chi connectivity index (χ1) is 16.3. The molecule has 1 aliphatic rings. The number of carbonyl (C=O) groups is 1. The summed E-state index contributed by atoms with van der Waals surface area (Å²) in [5.41, 5.74) is 3.80. The second-order valence-corrected chi connectivity index (χ2v) is 9.35. The van der Waals surface area contributed by atoms with Crippen molar-refractivity contribution < 1.29 is 9.18 Å². The lowest BCUT2D eigenvalue weighted by atomic mass is 9.98. The van der Waals surface area contributed by atoms with Gasteiger partial charge in [0.15, 0.2) is 11.5 Å². The van der Waals surface area contributed by atoms with Crippen molar-refractivity contribution in [2.45, 2.75) is 39.8 Å². The summed E-state index contributed by atoms with van der Waals surface area (Å²) in [7, 11) is 0. The summed E-state index contributed by atoms with van der Waals surface area (Å²) in [6.45, 7) is 10.1. The molecule has 2 unspecified atom stereocenters. The average molecular weight is 462 g/mol. The van der Waals surface area contributed by atoms with Crippen LogP contribution in [0.2, 0.25) is 0 Å². The zero-order valence-corrected chi connectivity index (χ0v) is 19.7. The molecule has 2 atom stereocenters. The molecule has 1 amide bonds. The molecule has 34 heavy (non-hydrogen) atoms. The van der Waals surface area contributed by atoms with Crippen LogP contribution in [0.25, 0.3) is 16.7 Å². The summed E-state index contributed by atoms with van der Waals surface area (Å²) in [6, 6.07) is 5.66. The number of imidazole rings is 1. The van der Waals surface area contributed by atoms with Crippen molar-refractivity contribution in [1.82, 2.24) is 24.7 Å². The summed E-state index contributed by atoms with van der Waals surface area (Å²) in [6.07, 6.45) is 6.58. The van der Waals surface area contributed by atoms with Gasteiger partial charge in [-0.2, -0.15) is 0 Å². The number of piperazine rings is 1. The molecule has 1 fully saturated rings. The third-order valence-corrected chi connectivity index (χ3v) is 6.29. The van der Waals surface area contributed by atoms with Gasteiger partial charge in [-0.1, -0.05) is 13.8 Å². The minimum absolute atomic E-state index is 0.223. The second kappa shape index (κ2) is 8.64. The topological polar surface area (TPSA) is 87.5 Å². The van der Waals surface area contributed by atoms with Crippen LogP contribution >= 0.6 is 0 Å². The van der Waals surface area contributed by atoms with Crippen LogP contribution in [-0.4, -0.2) is 50.4 Å². The molecule has 8 nitrogen and oxygen atoms in total. The Hall–Kier alpha value is -3.59. The summed E-state index contributed by atoms with van der Waals surface area (Å²) in [5.74, 6) is -0.385. The lowest BCUT2D eigenvalue weighted by Gasteiger charge is -2.41. The van der Waals surface area contributed by atoms with Gasteiger partial charge in [0.25, 0.3) is 5.91 Å². The molecule has 2 N–H and O–H groups in total. The Morgan fingerprint density at radius 2 is 1.94 bits per heavy atom. The highest BCUT2D eigenvalue weighted by molar-refractivity contribution is 6.13. The molecule has 1 aliphatic heterocycles. The smallest absolute Gasteiger partial charge is 0.257 e. The Morgan fingerprint density at radius 1 is 1.18 bits per heavy atom. The number of fused-ring (bicyclic) bond motifs is 2. The first-order valence-electron chi connectivity index (χ1n) is 11.5. The quantitative estimate of drug-likeness (QED) is 0.481. The van der Waals surface area contributed by atoms with Crippen LogP contribution < -0.4 is 15.5 Å². The van der Waals surface area contributed by atoms with Crippen molar-refractivity contribution in [2.75, 3.05) is 23.3 Å². The van der Waals surface area contributed by atoms with E-state index >= 15 is 0 Å². The van der Waals surface area contributed by atoms with Crippen molar-refractivity contribution in [1.29, 1.82) is 0 Å². The maximum absolute atomic E-state index is 14.5.